The van der Waals surface area contributed by atoms with Crippen molar-refractivity contribution in [3.8, 4) is 0 Å². The second-order valence-electron chi connectivity index (χ2n) is 3.64. The van der Waals surface area contributed by atoms with Crippen molar-refractivity contribution in [1.82, 2.24) is 10.3 Å². The lowest BCUT2D eigenvalue weighted by atomic mass is 10.3. The van der Waals surface area contributed by atoms with Crippen LogP contribution in [-0.2, 0) is 9.59 Å². The first-order valence-electron chi connectivity index (χ1n) is 5.24. The first-order chi connectivity index (χ1) is 9.31. The van der Waals surface area contributed by atoms with Crippen molar-refractivity contribution in [2.24, 2.45) is 0 Å². The predicted molar refractivity (Wildman–Crippen MR) is 71.9 cm³/mol. The molecule has 20 heavy (non-hydrogen) atoms. The summed E-state index contributed by atoms with van der Waals surface area (Å²) in [6, 6.07) is -0.0278. The van der Waals surface area contributed by atoms with Crippen LogP contribution in [0.25, 0.3) is 0 Å². The number of nitro groups is 1. The summed E-state index contributed by atoms with van der Waals surface area (Å²) in [4.78, 5) is 35.8. The quantitative estimate of drug-likeness (QED) is 0.460. The van der Waals surface area contributed by atoms with Crippen molar-refractivity contribution < 1.29 is 19.6 Å². The van der Waals surface area contributed by atoms with Gasteiger partial charge in [0.2, 0.25) is 5.91 Å². The summed E-state index contributed by atoms with van der Waals surface area (Å²) >= 11 is 6.47. The van der Waals surface area contributed by atoms with Crippen molar-refractivity contribution in [2.75, 3.05) is 5.75 Å². The van der Waals surface area contributed by atoms with E-state index in [1.807, 2.05) is 0 Å². The highest BCUT2D eigenvalue weighted by molar-refractivity contribution is 7.99. The Balaban J connectivity index is 2.85. The Morgan fingerprint density at radius 3 is 2.80 bits per heavy atom. The van der Waals surface area contributed by atoms with E-state index in [9.17, 15) is 19.7 Å². The zero-order chi connectivity index (χ0) is 15.3. The molecule has 0 saturated heterocycles. The fourth-order valence-corrected chi connectivity index (χ4v) is 2.35. The molecule has 1 aromatic heterocycles. The number of carbonyl (C=O) groups excluding carboxylic acids is 1. The number of hydrogen-bond donors (Lipinski definition) is 2. The number of carbonyl (C=O) groups is 2. The second kappa shape index (κ2) is 7.06. The van der Waals surface area contributed by atoms with Crippen LogP contribution in [0.1, 0.15) is 6.92 Å². The highest BCUT2D eigenvalue weighted by Crippen LogP contribution is 2.29. The molecule has 1 rings (SSSR count). The van der Waals surface area contributed by atoms with Crippen molar-refractivity contribution in [3.63, 3.8) is 0 Å². The lowest BCUT2D eigenvalue weighted by Crippen LogP contribution is -2.41. The molecule has 0 bridgehead atoms. The molecule has 0 spiro atoms. The van der Waals surface area contributed by atoms with E-state index in [1.54, 1.807) is 0 Å². The summed E-state index contributed by atoms with van der Waals surface area (Å²) in [5.41, 5.74) is -0.311. The Hall–Kier alpha value is -1.87. The average molecular weight is 320 g/mol. The van der Waals surface area contributed by atoms with Gasteiger partial charge in [0.25, 0.3) is 0 Å². The van der Waals surface area contributed by atoms with Gasteiger partial charge in [0.05, 0.1) is 9.95 Å². The maximum Gasteiger partial charge on any atom is 0.327 e. The van der Waals surface area contributed by atoms with Gasteiger partial charge in [-0.2, -0.15) is 0 Å². The Kier molecular flexibility index (Phi) is 5.71. The molecule has 2 N–H and O–H groups in total. The van der Waals surface area contributed by atoms with Gasteiger partial charge in [-0.3, -0.25) is 14.9 Å². The Labute approximate surface area is 122 Å². The number of pyridine rings is 1. The lowest BCUT2D eigenvalue weighted by molar-refractivity contribution is -0.388. The summed E-state index contributed by atoms with van der Waals surface area (Å²) in [5.74, 6) is -1.83. The number of carboxylic acids is 1. The molecule has 108 valence electrons. The number of hydrogen-bond acceptors (Lipinski definition) is 6. The van der Waals surface area contributed by atoms with Gasteiger partial charge >= 0.3 is 11.7 Å². The van der Waals surface area contributed by atoms with Gasteiger partial charge in [-0.25, -0.2) is 9.78 Å². The Morgan fingerprint density at radius 1 is 1.65 bits per heavy atom. The molecule has 0 unspecified atom stereocenters. The van der Waals surface area contributed by atoms with E-state index in [0.717, 1.165) is 17.8 Å². The normalized spacial score (nSPS) is 11.7. The summed E-state index contributed by atoms with van der Waals surface area (Å²) < 4.78 is 0. The standard InChI is InChI=1S/C10H10ClN3O5S/c1-5(15)13-7(10(16)17)4-20-9-8(14(18)19)2-6(11)3-12-9/h2-3,7H,4H2,1H3,(H,13,15)(H,16,17)/t7-/m0/s1. The first-order valence-corrected chi connectivity index (χ1v) is 6.60. The number of halogens is 1. The Bertz CT molecular complexity index is 554. The van der Waals surface area contributed by atoms with Crippen molar-refractivity contribution >= 4 is 40.9 Å². The SMILES string of the molecule is CC(=O)N[C@@H](CSc1ncc(Cl)cc1[N+](=O)[O-])C(=O)O. The summed E-state index contributed by atoms with van der Waals surface area (Å²) in [5, 5.41) is 22.1. The number of thioether (sulfide) groups is 1. The lowest BCUT2D eigenvalue weighted by Gasteiger charge is -2.12. The molecule has 0 fully saturated rings. The van der Waals surface area contributed by atoms with E-state index in [-0.39, 0.29) is 21.5 Å². The minimum Gasteiger partial charge on any atom is -0.480 e. The molecule has 0 aromatic carbocycles. The molecule has 0 aliphatic heterocycles. The van der Waals surface area contributed by atoms with Gasteiger partial charge in [0.15, 0.2) is 5.03 Å². The molecular formula is C10H10ClN3O5S. The fourth-order valence-electron chi connectivity index (χ4n) is 1.24. The zero-order valence-corrected chi connectivity index (χ0v) is 11.8. The maximum atomic E-state index is 10.9. The van der Waals surface area contributed by atoms with Crippen LogP contribution in [0.3, 0.4) is 0 Å². The number of amides is 1. The number of aliphatic carboxylic acids is 1. The van der Waals surface area contributed by atoms with Crippen LogP contribution in [0.15, 0.2) is 17.3 Å². The molecule has 0 aliphatic carbocycles. The third kappa shape index (κ3) is 4.67. The molecule has 1 aromatic rings. The summed E-state index contributed by atoms with van der Waals surface area (Å²) in [7, 11) is 0. The summed E-state index contributed by atoms with van der Waals surface area (Å²) in [6.45, 7) is 1.18. The Morgan fingerprint density at radius 2 is 2.30 bits per heavy atom. The molecule has 0 aliphatic rings. The zero-order valence-electron chi connectivity index (χ0n) is 10.2. The van der Waals surface area contributed by atoms with Crippen LogP contribution in [0, 0.1) is 10.1 Å². The van der Waals surface area contributed by atoms with Gasteiger partial charge < -0.3 is 10.4 Å². The maximum absolute atomic E-state index is 10.9. The highest BCUT2D eigenvalue weighted by Gasteiger charge is 2.22. The van der Waals surface area contributed by atoms with Gasteiger partial charge in [0.1, 0.15) is 6.04 Å². The molecule has 1 atom stereocenters. The summed E-state index contributed by atoms with van der Waals surface area (Å²) in [6.07, 6.45) is 1.23. The molecule has 0 saturated carbocycles. The third-order valence-electron chi connectivity index (χ3n) is 2.06. The van der Waals surface area contributed by atoms with Crippen LogP contribution < -0.4 is 5.32 Å². The first kappa shape index (κ1) is 16.2. The van der Waals surface area contributed by atoms with E-state index in [2.05, 4.69) is 10.3 Å². The van der Waals surface area contributed by atoms with E-state index < -0.39 is 22.8 Å². The molecule has 8 nitrogen and oxygen atoms in total. The van der Waals surface area contributed by atoms with E-state index in [4.69, 9.17) is 16.7 Å². The number of carboxylic acid groups (broad SMARTS) is 1. The van der Waals surface area contributed by atoms with Crippen LogP contribution in [0.2, 0.25) is 5.02 Å². The molecule has 1 amide bonds. The fraction of sp³-hybridized carbons (Fsp3) is 0.300. The smallest absolute Gasteiger partial charge is 0.327 e. The van der Waals surface area contributed by atoms with Crippen molar-refractivity contribution in [3.05, 3.63) is 27.4 Å². The van der Waals surface area contributed by atoms with Gasteiger partial charge in [-0.05, 0) is 0 Å². The molecule has 1 heterocycles. The van der Waals surface area contributed by atoms with Crippen LogP contribution in [0.4, 0.5) is 5.69 Å². The molecule has 0 radical (unpaired) electrons. The predicted octanol–water partition coefficient (Wildman–Crippen LogP) is 1.32. The van der Waals surface area contributed by atoms with Crippen molar-refractivity contribution in [1.29, 1.82) is 0 Å². The topological polar surface area (TPSA) is 122 Å². The van der Waals surface area contributed by atoms with E-state index >= 15 is 0 Å². The van der Waals surface area contributed by atoms with E-state index in [0.29, 0.717) is 0 Å². The number of aromatic nitrogens is 1. The van der Waals surface area contributed by atoms with Gasteiger partial charge in [-0.1, -0.05) is 23.4 Å². The van der Waals surface area contributed by atoms with Crippen LogP contribution in [-0.4, -0.2) is 38.7 Å². The van der Waals surface area contributed by atoms with E-state index in [1.165, 1.54) is 13.1 Å². The van der Waals surface area contributed by atoms with Crippen molar-refractivity contribution in [2.45, 2.75) is 18.0 Å². The number of nitrogens with zero attached hydrogens (tertiary/aromatic N) is 2. The largest absolute Gasteiger partial charge is 0.480 e. The number of rotatable bonds is 6. The highest BCUT2D eigenvalue weighted by atomic mass is 35.5. The van der Waals surface area contributed by atoms with Gasteiger partial charge in [-0.15, -0.1) is 0 Å². The average Bonchev–Trinajstić information content (AvgIpc) is 2.34. The van der Waals surface area contributed by atoms with Gasteiger partial charge in [0, 0.05) is 24.9 Å². The molecular weight excluding hydrogens is 310 g/mol. The minimum atomic E-state index is -1.23. The minimum absolute atomic E-state index is 0.0380. The van der Waals surface area contributed by atoms with Crippen LogP contribution >= 0.6 is 23.4 Å². The monoisotopic (exact) mass is 319 g/mol. The number of nitrogens with one attached hydrogen (secondary N) is 1. The second-order valence-corrected chi connectivity index (χ2v) is 5.08. The van der Waals surface area contributed by atoms with Crippen LogP contribution in [0.5, 0.6) is 0 Å². The third-order valence-corrected chi connectivity index (χ3v) is 3.35. The molecule has 10 heteroatoms.